The van der Waals surface area contributed by atoms with Crippen molar-refractivity contribution >= 4 is 0 Å². The van der Waals surface area contributed by atoms with E-state index in [1.807, 2.05) is 18.5 Å². The Labute approximate surface area is 133 Å². The van der Waals surface area contributed by atoms with Crippen LogP contribution in [0, 0.1) is 5.41 Å². The number of rotatable bonds is 3. The molecule has 120 valence electrons. The van der Waals surface area contributed by atoms with Crippen molar-refractivity contribution in [2.75, 3.05) is 39.4 Å². The Kier molecular flexibility index (Phi) is 4.16. The molecule has 3 fully saturated rings. The second kappa shape index (κ2) is 6.26. The Morgan fingerprint density at radius 3 is 2.82 bits per heavy atom. The molecule has 0 N–H and O–H groups in total. The lowest BCUT2D eigenvalue weighted by molar-refractivity contribution is 0.0678. The number of aromatic nitrogens is 1. The Morgan fingerprint density at radius 2 is 2.09 bits per heavy atom. The zero-order valence-corrected chi connectivity index (χ0v) is 13.4. The van der Waals surface area contributed by atoms with Gasteiger partial charge in [0.15, 0.2) is 0 Å². The van der Waals surface area contributed by atoms with Crippen molar-refractivity contribution in [1.82, 2.24) is 14.8 Å². The second-order valence-electron chi connectivity index (χ2n) is 7.38. The van der Waals surface area contributed by atoms with Crippen LogP contribution in [0.5, 0.6) is 0 Å². The third-order valence-corrected chi connectivity index (χ3v) is 5.93. The van der Waals surface area contributed by atoms with Gasteiger partial charge >= 0.3 is 0 Å². The van der Waals surface area contributed by atoms with Crippen LogP contribution >= 0.6 is 0 Å². The van der Waals surface area contributed by atoms with E-state index in [1.165, 1.54) is 57.4 Å². The third kappa shape index (κ3) is 3.05. The number of ether oxygens (including phenoxy) is 1. The van der Waals surface area contributed by atoms with E-state index in [-0.39, 0.29) is 0 Å². The molecule has 3 aliphatic heterocycles. The number of pyridine rings is 1. The lowest BCUT2D eigenvalue weighted by Gasteiger charge is -2.41. The van der Waals surface area contributed by atoms with Crippen LogP contribution in [0.2, 0.25) is 0 Å². The molecule has 4 nitrogen and oxygen atoms in total. The molecule has 3 saturated heterocycles. The Morgan fingerprint density at radius 1 is 1.23 bits per heavy atom. The van der Waals surface area contributed by atoms with Crippen molar-refractivity contribution in [3.05, 3.63) is 30.1 Å². The quantitative estimate of drug-likeness (QED) is 0.855. The fourth-order valence-corrected chi connectivity index (χ4v) is 4.49. The van der Waals surface area contributed by atoms with Gasteiger partial charge in [0.05, 0.1) is 6.61 Å². The number of likely N-dealkylation sites (tertiary alicyclic amines) is 2. The predicted molar refractivity (Wildman–Crippen MR) is 86.6 cm³/mol. The first-order valence-corrected chi connectivity index (χ1v) is 8.76. The Hall–Kier alpha value is -0.970. The first-order valence-electron chi connectivity index (χ1n) is 8.76. The van der Waals surface area contributed by atoms with Gasteiger partial charge in [-0.25, -0.2) is 0 Å². The van der Waals surface area contributed by atoms with E-state index in [1.54, 1.807) is 0 Å². The van der Waals surface area contributed by atoms with Crippen molar-refractivity contribution < 1.29 is 4.74 Å². The average Bonchev–Trinajstić information content (AvgIpc) is 3.21. The van der Waals surface area contributed by atoms with Crippen molar-refractivity contribution in [3.8, 4) is 0 Å². The highest BCUT2D eigenvalue weighted by Gasteiger charge is 2.41. The maximum absolute atomic E-state index is 5.55. The molecule has 0 saturated carbocycles. The summed E-state index contributed by atoms with van der Waals surface area (Å²) in [6, 6.07) is 4.94. The standard InChI is InChI=1S/C18H27N3O/c1-2-16(12-19-7-1)13-20-8-4-18(15-20)5-9-21(10-6-18)17-3-11-22-14-17/h1-2,7,12,17H,3-6,8-11,13-15H2/t17-/m0/s1. The van der Waals surface area contributed by atoms with Gasteiger partial charge in [-0.3, -0.25) is 14.8 Å². The zero-order valence-electron chi connectivity index (χ0n) is 13.4. The van der Waals surface area contributed by atoms with Gasteiger partial charge in [-0.05, 0) is 62.4 Å². The van der Waals surface area contributed by atoms with Crippen molar-refractivity contribution in [2.45, 2.75) is 38.3 Å². The summed E-state index contributed by atoms with van der Waals surface area (Å²) in [5.41, 5.74) is 1.93. The molecule has 4 heterocycles. The molecule has 3 aliphatic rings. The molecule has 1 aromatic rings. The summed E-state index contributed by atoms with van der Waals surface area (Å²) in [6.45, 7) is 8.06. The maximum Gasteiger partial charge on any atom is 0.0622 e. The third-order valence-electron chi connectivity index (χ3n) is 5.93. The van der Waals surface area contributed by atoms with Gasteiger partial charge in [0.1, 0.15) is 0 Å². The summed E-state index contributed by atoms with van der Waals surface area (Å²) >= 11 is 0. The van der Waals surface area contributed by atoms with Gasteiger partial charge in [-0.2, -0.15) is 0 Å². The Balaban J connectivity index is 1.31. The molecule has 0 aliphatic carbocycles. The highest BCUT2D eigenvalue weighted by Crippen LogP contribution is 2.41. The average molecular weight is 301 g/mol. The molecule has 0 unspecified atom stereocenters. The van der Waals surface area contributed by atoms with Crippen molar-refractivity contribution in [3.63, 3.8) is 0 Å². The molecule has 4 heteroatoms. The van der Waals surface area contributed by atoms with Crippen LogP contribution in [-0.4, -0.2) is 60.2 Å². The van der Waals surface area contributed by atoms with E-state index in [2.05, 4.69) is 20.9 Å². The predicted octanol–water partition coefficient (Wildman–Crippen LogP) is 2.16. The van der Waals surface area contributed by atoms with Gasteiger partial charge in [0, 0.05) is 38.1 Å². The molecular weight excluding hydrogens is 274 g/mol. The summed E-state index contributed by atoms with van der Waals surface area (Å²) in [5.74, 6) is 0. The van der Waals surface area contributed by atoms with E-state index in [9.17, 15) is 0 Å². The fraction of sp³-hybridized carbons (Fsp3) is 0.722. The number of piperidine rings is 1. The van der Waals surface area contributed by atoms with Gasteiger partial charge in [-0.15, -0.1) is 0 Å². The van der Waals surface area contributed by atoms with Crippen LogP contribution in [0.15, 0.2) is 24.5 Å². The minimum atomic E-state index is 0.582. The molecule has 0 bridgehead atoms. The van der Waals surface area contributed by atoms with Gasteiger partial charge in [0.2, 0.25) is 0 Å². The highest BCUT2D eigenvalue weighted by molar-refractivity contribution is 5.09. The fourth-order valence-electron chi connectivity index (χ4n) is 4.49. The summed E-state index contributed by atoms with van der Waals surface area (Å²) in [5, 5.41) is 0. The lowest BCUT2D eigenvalue weighted by atomic mass is 9.77. The van der Waals surface area contributed by atoms with E-state index >= 15 is 0 Å². The van der Waals surface area contributed by atoms with Gasteiger partial charge in [0.25, 0.3) is 0 Å². The van der Waals surface area contributed by atoms with Crippen LogP contribution in [0.3, 0.4) is 0 Å². The largest absolute Gasteiger partial charge is 0.380 e. The number of hydrogen-bond acceptors (Lipinski definition) is 4. The minimum Gasteiger partial charge on any atom is -0.380 e. The first kappa shape index (κ1) is 14.6. The first-order chi connectivity index (χ1) is 10.8. The van der Waals surface area contributed by atoms with E-state index in [0.717, 1.165) is 19.8 Å². The normalized spacial score (nSPS) is 29.4. The summed E-state index contributed by atoms with van der Waals surface area (Å²) < 4.78 is 5.55. The van der Waals surface area contributed by atoms with Crippen molar-refractivity contribution in [1.29, 1.82) is 0 Å². The number of nitrogens with zero attached hydrogens (tertiary/aromatic N) is 3. The molecule has 0 aromatic carbocycles. The van der Waals surface area contributed by atoms with E-state index in [0.29, 0.717) is 11.5 Å². The highest BCUT2D eigenvalue weighted by atomic mass is 16.5. The maximum atomic E-state index is 5.55. The molecule has 0 radical (unpaired) electrons. The smallest absolute Gasteiger partial charge is 0.0622 e. The van der Waals surface area contributed by atoms with E-state index < -0.39 is 0 Å². The van der Waals surface area contributed by atoms with Gasteiger partial charge < -0.3 is 4.74 Å². The van der Waals surface area contributed by atoms with Crippen molar-refractivity contribution in [2.24, 2.45) is 5.41 Å². The molecule has 22 heavy (non-hydrogen) atoms. The van der Waals surface area contributed by atoms with Crippen LogP contribution in [-0.2, 0) is 11.3 Å². The van der Waals surface area contributed by atoms with Gasteiger partial charge in [-0.1, -0.05) is 6.07 Å². The molecular formula is C18H27N3O. The number of hydrogen-bond donors (Lipinski definition) is 0. The SMILES string of the molecule is c1cncc(CN2CCC3(CCN([C@H]4CCOC4)CC3)C2)c1. The molecule has 4 rings (SSSR count). The lowest BCUT2D eigenvalue weighted by Crippen LogP contribution is -2.46. The van der Waals surface area contributed by atoms with Crippen LogP contribution in [0.4, 0.5) is 0 Å². The van der Waals surface area contributed by atoms with E-state index in [4.69, 9.17) is 4.74 Å². The summed E-state index contributed by atoms with van der Waals surface area (Å²) in [6.07, 6.45) is 9.22. The molecule has 1 spiro atoms. The molecule has 0 amide bonds. The Bertz CT molecular complexity index is 478. The minimum absolute atomic E-state index is 0.582. The molecule has 1 atom stereocenters. The van der Waals surface area contributed by atoms with Crippen LogP contribution < -0.4 is 0 Å². The van der Waals surface area contributed by atoms with Crippen LogP contribution in [0.1, 0.15) is 31.2 Å². The summed E-state index contributed by atoms with van der Waals surface area (Å²) in [7, 11) is 0. The second-order valence-corrected chi connectivity index (χ2v) is 7.38. The topological polar surface area (TPSA) is 28.6 Å². The summed E-state index contributed by atoms with van der Waals surface area (Å²) in [4.78, 5) is 9.55. The monoisotopic (exact) mass is 301 g/mol. The van der Waals surface area contributed by atoms with Crippen LogP contribution in [0.25, 0.3) is 0 Å². The molecule has 1 aromatic heterocycles. The zero-order chi connectivity index (χ0) is 14.8.